The smallest absolute Gasteiger partial charge is 0.270 e. The first-order valence-corrected chi connectivity index (χ1v) is 9.13. The first-order chi connectivity index (χ1) is 12.8. The van der Waals surface area contributed by atoms with E-state index >= 15 is 0 Å². The number of amides is 2. The first kappa shape index (κ1) is 19.3. The second-order valence-corrected chi connectivity index (χ2v) is 7.16. The van der Waals surface area contributed by atoms with Crippen molar-refractivity contribution in [3.8, 4) is 11.5 Å². The van der Waals surface area contributed by atoms with E-state index in [2.05, 4.69) is 21.2 Å². The van der Waals surface area contributed by atoms with Crippen molar-refractivity contribution in [2.45, 2.75) is 0 Å². The lowest BCUT2D eigenvalue weighted by molar-refractivity contribution is -0.122. The molecule has 0 unspecified atom stereocenters. The number of phenolic OH excluding ortho intramolecular Hbond substituents is 1. The number of anilines is 1. The molecule has 6 nitrogen and oxygen atoms in total. The summed E-state index contributed by atoms with van der Waals surface area (Å²) in [4.78, 5) is 26.5. The lowest BCUT2D eigenvalue weighted by atomic mass is 10.1. The van der Waals surface area contributed by atoms with Crippen LogP contribution in [-0.4, -0.2) is 29.1 Å². The zero-order chi connectivity index (χ0) is 19.7. The maximum atomic E-state index is 12.9. The summed E-state index contributed by atoms with van der Waals surface area (Å²) >= 11 is 14.2. The number of phenols is 1. The van der Waals surface area contributed by atoms with Crippen LogP contribution in [0.4, 0.5) is 5.69 Å². The fourth-order valence-electron chi connectivity index (χ4n) is 2.46. The highest BCUT2D eigenvalue weighted by molar-refractivity contribution is 9.10. The van der Waals surface area contributed by atoms with Crippen LogP contribution < -0.4 is 15.0 Å². The van der Waals surface area contributed by atoms with Gasteiger partial charge in [0.2, 0.25) is 0 Å². The predicted octanol–water partition coefficient (Wildman–Crippen LogP) is 3.65. The van der Waals surface area contributed by atoms with Crippen LogP contribution in [0.2, 0.25) is 5.02 Å². The van der Waals surface area contributed by atoms with Gasteiger partial charge in [0.15, 0.2) is 5.11 Å². The van der Waals surface area contributed by atoms with Gasteiger partial charge < -0.3 is 9.84 Å². The molecule has 0 bridgehead atoms. The number of carbonyl (C=O) groups is 2. The minimum Gasteiger partial charge on any atom is -0.506 e. The van der Waals surface area contributed by atoms with Gasteiger partial charge in [-0.2, -0.15) is 0 Å². The van der Waals surface area contributed by atoms with E-state index < -0.39 is 11.8 Å². The van der Waals surface area contributed by atoms with Gasteiger partial charge in [0.1, 0.15) is 17.1 Å². The molecule has 0 aromatic heterocycles. The number of thiocarbonyl (C=S) groups is 1. The SMILES string of the molecule is COc1cc(Br)c(O)c(C=C2C(=O)NC(=S)N(c3ccc(Cl)cc3)C2=O)c1. The molecular formula is C18H12BrClN2O4S. The Hall–Kier alpha value is -2.42. The molecule has 138 valence electrons. The second kappa shape index (κ2) is 7.67. The minimum absolute atomic E-state index is 0.0412. The Kier molecular flexibility index (Phi) is 5.50. The van der Waals surface area contributed by atoms with E-state index in [0.717, 1.165) is 0 Å². The number of benzene rings is 2. The molecule has 0 aliphatic carbocycles. The third kappa shape index (κ3) is 3.83. The van der Waals surface area contributed by atoms with Gasteiger partial charge in [-0.15, -0.1) is 0 Å². The molecule has 0 saturated carbocycles. The number of ether oxygens (including phenoxy) is 1. The van der Waals surface area contributed by atoms with Gasteiger partial charge in [0.25, 0.3) is 11.8 Å². The molecule has 2 aromatic carbocycles. The number of methoxy groups -OCH3 is 1. The van der Waals surface area contributed by atoms with Crippen molar-refractivity contribution in [3.05, 3.63) is 57.0 Å². The molecule has 1 saturated heterocycles. The van der Waals surface area contributed by atoms with E-state index in [1.54, 1.807) is 30.3 Å². The summed E-state index contributed by atoms with van der Waals surface area (Å²) in [5.41, 5.74) is 0.508. The molecule has 1 aliphatic rings. The molecule has 0 spiro atoms. The highest BCUT2D eigenvalue weighted by atomic mass is 79.9. The molecule has 1 aliphatic heterocycles. The first-order valence-electron chi connectivity index (χ1n) is 7.55. The van der Waals surface area contributed by atoms with Gasteiger partial charge in [0, 0.05) is 10.6 Å². The Labute approximate surface area is 173 Å². The maximum Gasteiger partial charge on any atom is 0.270 e. The summed E-state index contributed by atoms with van der Waals surface area (Å²) in [5, 5.41) is 13.2. The largest absolute Gasteiger partial charge is 0.506 e. The van der Waals surface area contributed by atoms with Crippen LogP contribution in [-0.2, 0) is 9.59 Å². The van der Waals surface area contributed by atoms with Crippen molar-refractivity contribution in [1.29, 1.82) is 0 Å². The monoisotopic (exact) mass is 466 g/mol. The minimum atomic E-state index is -0.659. The standard InChI is InChI=1S/C18H12BrClN2O4S/c1-26-12-6-9(15(23)14(19)8-12)7-13-16(24)21-18(27)22(17(13)25)11-4-2-10(20)3-5-11/h2-8,23H,1H3,(H,21,24,27). The van der Waals surface area contributed by atoms with Crippen LogP contribution in [0, 0.1) is 0 Å². The Balaban J connectivity index is 2.07. The number of halogens is 2. The van der Waals surface area contributed by atoms with Crippen molar-refractivity contribution >= 4 is 68.4 Å². The van der Waals surface area contributed by atoms with E-state index in [1.165, 1.54) is 24.2 Å². The van der Waals surface area contributed by atoms with Gasteiger partial charge in [-0.25, -0.2) is 0 Å². The summed E-state index contributed by atoms with van der Waals surface area (Å²) in [6, 6.07) is 9.51. The third-order valence-electron chi connectivity index (χ3n) is 3.79. The lowest BCUT2D eigenvalue weighted by Crippen LogP contribution is -2.54. The van der Waals surface area contributed by atoms with Gasteiger partial charge in [-0.1, -0.05) is 11.6 Å². The van der Waals surface area contributed by atoms with Crippen LogP contribution in [0.25, 0.3) is 6.08 Å². The summed E-state index contributed by atoms with van der Waals surface area (Å²) in [5.74, 6) is -0.965. The molecule has 3 rings (SSSR count). The Morgan fingerprint density at radius 3 is 2.56 bits per heavy atom. The molecule has 9 heteroatoms. The van der Waals surface area contributed by atoms with Crippen molar-refractivity contribution < 1.29 is 19.4 Å². The van der Waals surface area contributed by atoms with E-state index in [1.807, 2.05) is 0 Å². The Morgan fingerprint density at radius 2 is 1.93 bits per heavy atom. The van der Waals surface area contributed by atoms with Crippen LogP contribution >= 0.6 is 39.7 Å². The number of aromatic hydroxyl groups is 1. The van der Waals surface area contributed by atoms with E-state index in [-0.39, 0.29) is 22.0 Å². The van der Waals surface area contributed by atoms with Crippen molar-refractivity contribution in [2.24, 2.45) is 0 Å². The highest BCUT2D eigenvalue weighted by Crippen LogP contribution is 2.34. The summed E-state index contributed by atoms with van der Waals surface area (Å²) in [6.07, 6.45) is 1.28. The highest BCUT2D eigenvalue weighted by Gasteiger charge is 2.34. The number of nitrogens with one attached hydrogen (secondary N) is 1. The van der Waals surface area contributed by atoms with Gasteiger partial charge in [-0.05, 0) is 70.6 Å². The van der Waals surface area contributed by atoms with Crippen LogP contribution in [0.3, 0.4) is 0 Å². The number of nitrogens with zero attached hydrogens (tertiary/aromatic N) is 1. The molecule has 2 N–H and O–H groups in total. The van der Waals surface area contributed by atoms with Gasteiger partial charge in [-0.3, -0.25) is 19.8 Å². The molecule has 0 radical (unpaired) electrons. The molecule has 1 heterocycles. The van der Waals surface area contributed by atoms with E-state index in [4.69, 9.17) is 28.6 Å². The van der Waals surface area contributed by atoms with Gasteiger partial charge >= 0.3 is 0 Å². The molecule has 27 heavy (non-hydrogen) atoms. The van der Waals surface area contributed by atoms with Crippen molar-refractivity contribution in [1.82, 2.24) is 5.32 Å². The molecule has 2 aromatic rings. The molecule has 2 amide bonds. The quantitative estimate of drug-likeness (QED) is 0.409. The third-order valence-corrected chi connectivity index (χ3v) is 4.93. The Morgan fingerprint density at radius 1 is 1.26 bits per heavy atom. The van der Waals surface area contributed by atoms with E-state index in [9.17, 15) is 14.7 Å². The van der Waals surface area contributed by atoms with Gasteiger partial charge in [0.05, 0.1) is 17.3 Å². The fourth-order valence-corrected chi connectivity index (χ4v) is 3.32. The summed E-state index contributed by atoms with van der Waals surface area (Å²) in [7, 11) is 1.47. The zero-order valence-electron chi connectivity index (χ0n) is 13.8. The molecule has 1 fully saturated rings. The number of hydrogen-bond donors (Lipinski definition) is 2. The average molecular weight is 468 g/mol. The van der Waals surface area contributed by atoms with Crippen LogP contribution in [0.5, 0.6) is 11.5 Å². The van der Waals surface area contributed by atoms with Crippen LogP contribution in [0.1, 0.15) is 5.56 Å². The lowest BCUT2D eigenvalue weighted by Gasteiger charge is -2.29. The molecule has 0 atom stereocenters. The maximum absolute atomic E-state index is 12.9. The fraction of sp³-hybridized carbons (Fsp3) is 0.0556. The number of hydrogen-bond acceptors (Lipinski definition) is 5. The predicted molar refractivity (Wildman–Crippen MR) is 110 cm³/mol. The topological polar surface area (TPSA) is 78.9 Å². The number of carbonyl (C=O) groups excluding carboxylic acids is 2. The summed E-state index contributed by atoms with van der Waals surface area (Å²) < 4.78 is 5.52. The van der Waals surface area contributed by atoms with Crippen LogP contribution in [0.15, 0.2) is 46.4 Å². The average Bonchev–Trinajstić information content (AvgIpc) is 2.63. The second-order valence-electron chi connectivity index (χ2n) is 5.48. The molecular weight excluding hydrogens is 456 g/mol. The van der Waals surface area contributed by atoms with E-state index in [0.29, 0.717) is 20.9 Å². The Bertz CT molecular complexity index is 992. The number of rotatable bonds is 3. The normalized spacial score (nSPS) is 15.9. The van der Waals surface area contributed by atoms with Crippen molar-refractivity contribution in [2.75, 3.05) is 12.0 Å². The summed E-state index contributed by atoms with van der Waals surface area (Å²) in [6.45, 7) is 0. The van der Waals surface area contributed by atoms with Crippen molar-refractivity contribution in [3.63, 3.8) is 0 Å². The zero-order valence-corrected chi connectivity index (χ0v) is 17.0.